The molecule has 78 valence electrons. The van der Waals surface area contributed by atoms with E-state index in [9.17, 15) is 0 Å². The van der Waals surface area contributed by atoms with Crippen molar-refractivity contribution in [2.45, 2.75) is 0 Å². The number of nitrogens with zero attached hydrogens (tertiary/aromatic N) is 1. The molecule has 0 heterocycles. The highest BCUT2D eigenvalue weighted by molar-refractivity contribution is 6.32. The van der Waals surface area contributed by atoms with Crippen LogP contribution in [0.4, 0.5) is 5.69 Å². The summed E-state index contributed by atoms with van der Waals surface area (Å²) < 4.78 is 0. The normalized spacial score (nSPS) is 9.75. The smallest absolute Gasteiger partial charge is 0.101 e. The summed E-state index contributed by atoms with van der Waals surface area (Å²) in [5.74, 6) is 0. The Balaban J connectivity index is 2.63. The number of anilines is 1. The fourth-order valence-corrected chi connectivity index (χ4v) is 1.76. The summed E-state index contributed by atoms with van der Waals surface area (Å²) in [6.07, 6.45) is 0. The summed E-state index contributed by atoms with van der Waals surface area (Å²) in [5.41, 5.74) is 8.72. The van der Waals surface area contributed by atoms with Gasteiger partial charge in [-0.05, 0) is 17.7 Å². The van der Waals surface area contributed by atoms with Gasteiger partial charge in [-0.15, -0.1) is 0 Å². The SMILES string of the molecule is N#Cc1cc(-c2ccccc2)c(N)cc1Cl. The van der Waals surface area contributed by atoms with Crippen molar-refractivity contribution in [2.24, 2.45) is 0 Å². The van der Waals surface area contributed by atoms with Gasteiger partial charge >= 0.3 is 0 Å². The van der Waals surface area contributed by atoms with Gasteiger partial charge in [-0.25, -0.2) is 0 Å². The molecular formula is C13H9ClN2. The van der Waals surface area contributed by atoms with Crippen molar-refractivity contribution >= 4 is 17.3 Å². The molecule has 2 nitrogen and oxygen atoms in total. The van der Waals surface area contributed by atoms with Crippen molar-refractivity contribution in [2.75, 3.05) is 5.73 Å². The Bertz CT molecular complexity index is 556. The average Bonchev–Trinajstić information content (AvgIpc) is 2.30. The van der Waals surface area contributed by atoms with Crippen LogP contribution in [-0.2, 0) is 0 Å². The number of nitrogens with two attached hydrogens (primary N) is 1. The zero-order valence-electron chi connectivity index (χ0n) is 8.44. The molecule has 0 spiro atoms. The van der Waals surface area contributed by atoms with E-state index in [1.165, 1.54) is 0 Å². The number of benzene rings is 2. The predicted molar refractivity (Wildman–Crippen MR) is 66.0 cm³/mol. The van der Waals surface area contributed by atoms with Crippen LogP contribution in [0.1, 0.15) is 5.56 Å². The first-order valence-corrected chi connectivity index (χ1v) is 5.14. The monoisotopic (exact) mass is 228 g/mol. The number of rotatable bonds is 1. The molecule has 2 aromatic rings. The lowest BCUT2D eigenvalue weighted by molar-refractivity contribution is 1.48. The van der Waals surface area contributed by atoms with Crippen molar-refractivity contribution in [1.29, 1.82) is 5.26 Å². The molecule has 0 aromatic heterocycles. The molecule has 16 heavy (non-hydrogen) atoms. The predicted octanol–water partition coefficient (Wildman–Crippen LogP) is 3.46. The van der Waals surface area contributed by atoms with Gasteiger partial charge in [-0.2, -0.15) is 5.26 Å². The summed E-state index contributed by atoms with van der Waals surface area (Å²) in [7, 11) is 0. The Morgan fingerprint density at radius 3 is 2.44 bits per heavy atom. The van der Waals surface area contributed by atoms with Gasteiger partial charge in [0.2, 0.25) is 0 Å². The molecule has 0 saturated heterocycles. The van der Waals surface area contributed by atoms with Crippen LogP contribution in [0.5, 0.6) is 0 Å². The van der Waals surface area contributed by atoms with E-state index in [2.05, 4.69) is 0 Å². The number of nitriles is 1. The quantitative estimate of drug-likeness (QED) is 0.760. The Morgan fingerprint density at radius 1 is 1.12 bits per heavy atom. The summed E-state index contributed by atoms with van der Waals surface area (Å²) in [6.45, 7) is 0. The van der Waals surface area contributed by atoms with Crippen molar-refractivity contribution in [3.63, 3.8) is 0 Å². The highest BCUT2D eigenvalue weighted by Crippen LogP contribution is 2.30. The van der Waals surface area contributed by atoms with Crippen LogP contribution in [0.15, 0.2) is 42.5 Å². The van der Waals surface area contributed by atoms with Crippen LogP contribution >= 0.6 is 11.6 Å². The topological polar surface area (TPSA) is 49.8 Å². The van der Waals surface area contributed by atoms with Gasteiger partial charge in [-0.3, -0.25) is 0 Å². The van der Waals surface area contributed by atoms with Crippen LogP contribution in [-0.4, -0.2) is 0 Å². The van der Waals surface area contributed by atoms with Gasteiger partial charge in [0.05, 0.1) is 10.6 Å². The van der Waals surface area contributed by atoms with E-state index in [1.807, 2.05) is 36.4 Å². The molecule has 3 heteroatoms. The lowest BCUT2D eigenvalue weighted by Gasteiger charge is -2.07. The lowest BCUT2D eigenvalue weighted by Crippen LogP contribution is -1.92. The van der Waals surface area contributed by atoms with Gasteiger partial charge < -0.3 is 5.73 Å². The molecular weight excluding hydrogens is 220 g/mol. The summed E-state index contributed by atoms with van der Waals surface area (Å²) in [5, 5.41) is 9.29. The minimum atomic E-state index is 0.389. The van der Waals surface area contributed by atoms with Crippen molar-refractivity contribution < 1.29 is 0 Å². The Kier molecular flexibility index (Phi) is 2.80. The van der Waals surface area contributed by atoms with Gasteiger partial charge in [0.25, 0.3) is 0 Å². The molecule has 0 unspecified atom stereocenters. The molecule has 0 bridgehead atoms. The standard InChI is InChI=1S/C13H9ClN2/c14-12-7-13(16)11(6-10(12)8-15)9-4-2-1-3-5-9/h1-7H,16H2. The fourth-order valence-electron chi connectivity index (χ4n) is 1.54. The molecule has 0 aliphatic carbocycles. The second-order valence-electron chi connectivity index (χ2n) is 3.40. The van der Waals surface area contributed by atoms with E-state index < -0.39 is 0 Å². The van der Waals surface area contributed by atoms with Crippen LogP contribution in [0.2, 0.25) is 5.02 Å². The van der Waals surface area contributed by atoms with Crippen molar-refractivity contribution in [3.05, 3.63) is 53.1 Å². The second-order valence-corrected chi connectivity index (χ2v) is 3.80. The summed E-state index contributed by atoms with van der Waals surface area (Å²) >= 11 is 5.89. The maximum atomic E-state index is 8.91. The molecule has 2 aromatic carbocycles. The molecule has 0 saturated carbocycles. The van der Waals surface area contributed by atoms with Crippen LogP contribution in [0.3, 0.4) is 0 Å². The molecule has 2 rings (SSSR count). The molecule has 0 radical (unpaired) electrons. The maximum Gasteiger partial charge on any atom is 0.101 e. The number of halogens is 1. The summed E-state index contributed by atoms with van der Waals surface area (Å²) in [4.78, 5) is 0. The Hall–Kier alpha value is -1.98. The third-order valence-electron chi connectivity index (χ3n) is 2.34. The summed E-state index contributed by atoms with van der Waals surface area (Å²) in [6, 6.07) is 15.0. The maximum absolute atomic E-state index is 8.91. The van der Waals surface area contributed by atoms with Gasteiger partial charge in [0.15, 0.2) is 0 Å². The first-order chi connectivity index (χ1) is 7.72. The first-order valence-electron chi connectivity index (χ1n) is 4.77. The van der Waals surface area contributed by atoms with E-state index >= 15 is 0 Å². The molecule has 0 aliphatic rings. The number of hydrogen-bond acceptors (Lipinski definition) is 2. The Labute approximate surface area is 98.9 Å². The van der Waals surface area contributed by atoms with Crippen LogP contribution in [0, 0.1) is 11.3 Å². The third-order valence-corrected chi connectivity index (χ3v) is 2.66. The van der Waals surface area contributed by atoms with Gasteiger partial charge in [0, 0.05) is 11.3 Å². The molecule has 2 N–H and O–H groups in total. The van der Waals surface area contributed by atoms with E-state index in [4.69, 9.17) is 22.6 Å². The largest absolute Gasteiger partial charge is 0.398 e. The van der Waals surface area contributed by atoms with Crippen LogP contribution in [0.25, 0.3) is 11.1 Å². The van der Waals surface area contributed by atoms with Crippen molar-refractivity contribution in [1.82, 2.24) is 0 Å². The average molecular weight is 229 g/mol. The number of nitrogen functional groups attached to an aromatic ring is 1. The molecule has 0 aliphatic heterocycles. The van der Waals surface area contributed by atoms with Gasteiger partial charge in [-0.1, -0.05) is 41.9 Å². The molecule has 0 fully saturated rings. The number of hydrogen-bond donors (Lipinski definition) is 1. The zero-order valence-corrected chi connectivity index (χ0v) is 9.20. The molecule has 0 amide bonds. The Morgan fingerprint density at radius 2 is 1.81 bits per heavy atom. The van der Waals surface area contributed by atoms with E-state index in [-0.39, 0.29) is 0 Å². The van der Waals surface area contributed by atoms with E-state index in [0.29, 0.717) is 16.3 Å². The van der Waals surface area contributed by atoms with Gasteiger partial charge in [0.1, 0.15) is 6.07 Å². The first kappa shape index (κ1) is 10.5. The third kappa shape index (κ3) is 1.86. The fraction of sp³-hybridized carbons (Fsp3) is 0. The highest BCUT2D eigenvalue weighted by atomic mass is 35.5. The van der Waals surface area contributed by atoms with Crippen LogP contribution < -0.4 is 5.73 Å². The van der Waals surface area contributed by atoms with E-state index in [1.54, 1.807) is 12.1 Å². The molecule has 0 atom stereocenters. The minimum Gasteiger partial charge on any atom is -0.398 e. The highest BCUT2D eigenvalue weighted by Gasteiger charge is 2.07. The van der Waals surface area contributed by atoms with E-state index in [0.717, 1.165) is 11.1 Å². The van der Waals surface area contributed by atoms with Crippen molar-refractivity contribution in [3.8, 4) is 17.2 Å². The zero-order chi connectivity index (χ0) is 11.5. The second kappa shape index (κ2) is 4.26. The minimum absolute atomic E-state index is 0.389. The lowest BCUT2D eigenvalue weighted by atomic mass is 10.0.